The number of H-pyrrole nitrogens is 1. The first-order valence-electron chi connectivity index (χ1n) is 7.69. The van der Waals surface area contributed by atoms with Gasteiger partial charge in [-0.05, 0) is 30.5 Å². The smallest absolute Gasteiger partial charge is 0.326 e. The molecular formula is C18H20N2O4. The molecule has 0 bridgehead atoms. The first-order valence-corrected chi connectivity index (χ1v) is 7.69. The molecule has 0 spiro atoms. The van der Waals surface area contributed by atoms with E-state index < -0.39 is 17.9 Å². The van der Waals surface area contributed by atoms with Crippen molar-refractivity contribution in [3.8, 4) is 0 Å². The van der Waals surface area contributed by atoms with Gasteiger partial charge in [-0.15, -0.1) is 0 Å². The molecule has 0 aliphatic heterocycles. The number of rotatable bonds is 7. The van der Waals surface area contributed by atoms with E-state index in [9.17, 15) is 19.5 Å². The summed E-state index contributed by atoms with van der Waals surface area (Å²) in [6.45, 7) is 3.78. The Morgan fingerprint density at radius 1 is 1.04 bits per heavy atom. The Morgan fingerprint density at radius 3 is 2.17 bits per heavy atom. The Kier molecular flexibility index (Phi) is 5.52. The predicted molar refractivity (Wildman–Crippen MR) is 89.0 cm³/mol. The molecular weight excluding hydrogens is 308 g/mol. The SMILES string of the molecule is CC(C)C[C@@H](NC(=O)c1ccc(C(=O)c2cc[nH]c2)cc1)C(=O)O. The van der Waals surface area contributed by atoms with Gasteiger partial charge in [-0.1, -0.05) is 26.0 Å². The van der Waals surface area contributed by atoms with E-state index in [2.05, 4.69) is 10.3 Å². The second-order valence-corrected chi connectivity index (χ2v) is 6.00. The van der Waals surface area contributed by atoms with E-state index in [1.807, 2.05) is 13.8 Å². The van der Waals surface area contributed by atoms with Gasteiger partial charge in [0.2, 0.25) is 0 Å². The maximum absolute atomic E-state index is 12.2. The van der Waals surface area contributed by atoms with Crippen molar-refractivity contribution in [1.29, 1.82) is 0 Å². The zero-order valence-electron chi connectivity index (χ0n) is 13.6. The molecule has 0 saturated heterocycles. The van der Waals surface area contributed by atoms with Gasteiger partial charge in [-0.3, -0.25) is 9.59 Å². The first kappa shape index (κ1) is 17.5. The second kappa shape index (κ2) is 7.59. The van der Waals surface area contributed by atoms with E-state index >= 15 is 0 Å². The molecule has 0 radical (unpaired) electrons. The maximum atomic E-state index is 12.2. The van der Waals surface area contributed by atoms with Crippen molar-refractivity contribution in [2.45, 2.75) is 26.3 Å². The number of ketones is 1. The third-order valence-corrected chi connectivity index (χ3v) is 3.58. The zero-order chi connectivity index (χ0) is 17.7. The van der Waals surface area contributed by atoms with Crippen molar-refractivity contribution in [3.05, 3.63) is 59.4 Å². The van der Waals surface area contributed by atoms with Crippen LogP contribution in [0.3, 0.4) is 0 Å². The summed E-state index contributed by atoms with van der Waals surface area (Å²) in [5, 5.41) is 11.7. The molecule has 3 N–H and O–H groups in total. The van der Waals surface area contributed by atoms with Crippen LogP contribution >= 0.6 is 0 Å². The minimum absolute atomic E-state index is 0.146. The number of hydrogen-bond acceptors (Lipinski definition) is 3. The van der Waals surface area contributed by atoms with Crippen LogP contribution in [0.15, 0.2) is 42.7 Å². The van der Waals surface area contributed by atoms with Crippen LogP contribution < -0.4 is 5.32 Å². The van der Waals surface area contributed by atoms with E-state index in [1.165, 1.54) is 12.1 Å². The lowest BCUT2D eigenvalue weighted by molar-refractivity contribution is -0.139. The molecule has 6 nitrogen and oxygen atoms in total. The third-order valence-electron chi connectivity index (χ3n) is 3.58. The normalized spacial score (nSPS) is 12.0. The standard InChI is InChI=1S/C18H20N2O4/c1-11(2)9-15(18(23)24)20-17(22)13-5-3-12(4-6-13)16(21)14-7-8-19-10-14/h3-8,10-11,15,19H,9H2,1-2H3,(H,20,22)(H,23,24)/t15-/m1/s1. The number of carbonyl (C=O) groups excluding carboxylic acids is 2. The molecule has 2 aromatic rings. The Bertz CT molecular complexity index is 718. The predicted octanol–water partition coefficient (Wildman–Crippen LogP) is 2.47. The van der Waals surface area contributed by atoms with Crippen LogP contribution in [0.4, 0.5) is 0 Å². The average molecular weight is 328 g/mol. The molecule has 1 atom stereocenters. The molecule has 2 rings (SSSR count). The van der Waals surface area contributed by atoms with Crippen LogP contribution in [0.1, 0.15) is 46.5 Å². The first-order chi connectivity index (χ1) is 11.4. The van der Waals surface area contributed by atoms with Gasteiger partial charge in [0.15, 0.2) is 5.78 Å². The number of benzene rings is 1. The summed E-state index contributed by atoms with van der Waals surface area (Å²) in [6.07, 6.45) is 3.62. The lowest BCUT2D eigenvalue weighted by Gasteiger charge is -2.16. The zero-order valence-corrected chi connectivity index (χ0v) is 13.6. The molecule has 0 aliphatic carbocycles. The highest BCUT2D eigenvalue weighted by molar-refractivity contribution is 6.09. The third kappa shape index (κ3) is 4.32. The van der Waals surface area contributed by atoms with Gasteiger partial charge in [-0.2, -0.15) is 0 Å². The number of aromatic nitrogens is 1. The molecule has 1 heterocycles. The molecule has 0 saturated carbocycles. The van der Waals surface area contributed by atoms with Gasteiger partial charge >= 0.3 is 5.97 Å². The van der Waals surface area contributed by atoms with Crippen molar-refractivity contribution in [3.63, 3.8) is 0 Å². The number of amides is 1. The number of carboxylic acids is 1. The number of carboxylic acid groups (broad SMARTS) is 1. The summed E-state index contributed by atoms with van der Waals surface area (Å²) in [5.74, 6) is -1.53. The lowest BCUT2D eigenvalue weighted by atomic mass is 10.0. The Balaban J connectivity index is 2.08. The second-order valence-electron chi connectivity index (χ2n) is 6.00. The van der Waals surface area contributed by atoms with E-state index in [-0.39, 0.29) is 11.7 Å². The fourth-order valence-electron chi connectivity index (χ4n) is 2.34. The number of hydrogen-bond donors (Lipinski definition) is 3. The molecule has 126 valence electrons. The van der Waals surface area contributed by atoms with Crippen molar-refractivity contribution in [1.82, 2.24) is 10.3 Å². The van der Waals surface area contributed by atoms with E-state index in [4.69, 9.17) is 0 Å². The van der Waals surface area contributed by atoms with Crippen LogP contribution in [-0.4, -0.2) is 33.8 Å². The fraction of sp³-hybridized carbons (Fsp3) is 0.278. The molecule has 24 heavy (non-hydrogen) atoms. The lowest BCUT2D eigenvalue weighted by Crippen LogP contribution is -2.41. The van der Waals surface area contributed by atoms with Crippen LogP contribution in [-0.2, 0) is 4.79 Å². The van der Waals surface area contributed by atoms with Gasteiger partial charge in [-0.25, -0.2) is 4.79 Å². The number of nitrogens with one attached hydrogen (secondary N) is 2. The van der Waals surface area contributed by atoms with Gasteiger partial charge in [0.05, 0.1) is 0 Å². The van der Waals surface area contributed by atoms with E-state index in [1.54, 1.807) is 30.6 Å². The largest absolute Gasteiger partial charge is 0.480 e. The van der Waals surface area contributed by atoms with E-state index in [0.717, 1.165) is 0 Å². The van der Waals surface area contributed by atoms with Gasteiger partial charge in [0.25, 0.3) is 5.91 Å². The van der Waals surface area contributed by atoms with Crippen LogP contribution in [0.25, 0.3) is 0 Å². The van der Waals surface area contributed by atoms with Crippen molar-refractivity contribution < 1.29 is 19.5 Å². The van der Waals surface area contributed by atoms with Crippen molar-refractivity contribution in [2.75, 3.05) is 0 Å². The van der Waals surface area contributed by atoms with Crippen LogP contribution in [0.2, 0.25) is 0 Å². The summed E-state index contributed by atoms with van der Waals surface area (Å²) in [6, 6.07) is 6.89. The molecule has 1 aromatic heterocycles. The van der Waals surface area contributed by atoms with Gasteiger partial charge in [0, 0.05) is 29.1 Å². The summed E-state index contributed by atoms with van der Waals surface area (Å²) in [4.78, 5) is 38.4. The highest BCUT2D eigenvalue weighted by Gasteiger charge is 2.21. The highest BCUT2D eigenvalue weighted by Crippen LogP contribution is 2.12. The minimum Gasteiger partial charge on any atom is -0.480 e. The number of carbonyl (C=O) groups is 3. The average Bonchev–Trinajstić information content (AvgIpc) is 3.07. The summed E-state index contributed by atoms with van der Waals surface area (Å²) in [7, 11) is 0. The fourth-order valence-corrected chi connectivity index (χ4v) is 2.34. The topological polar surface area (TPSA) is 99.3 Å². The minimum atomic E-state index is -1.06. The molecule has 0 aliphatic rings. The van der Waals surface area contributed by atoms with Crippen molar-refractivity contribution >= 4 is 17.7 Å². The Hall–Kier alpha value is -2.89. The van der Waals surface area contributed by atoms with Crippen molar-refractivity contribution in [2.24, 2.45) is 5.92 Å². The number of aromatic amines is 1. The van der Waals surface area contributed by atoms with E-state index in [0.29, 0.717) is 23.1 Å². The summed E-state index contributed by atoms with van der Waals surface area (Å²) < 4.78 is 0. The molecule has 6 heteroatoms. The Labute approximate surface area is 139 Å². The highest BCUT2D eigenvalue weighted by atomic mass is 16.4. The molecule has 0 unspecified atom stereocenters. The van der Waals surface area contributed by atoms with Crippen LogP contribution in [0.5, 0.6) is 0 Å². The molecule has 0 fully saturated rings. The monoisotopic (exact) mass is 328 g/mol. The maximum Gasteiger partial charge on any atom is 0.326 e. The summed E-state index contributed by atoms with van der Waals surface area (Å²) in [5.41, 5.74) is 1.31. The molecule has 1 aromatic carbocycles. The number of aliphatic carboxylic acids is 1. The van der Waals surface area contributed by atoms with Crippen LogP contribution in [0, 0.1) is 5.92 Å². The summed E-state index contributed by atoms with van der Waals surface area (Å²) >= 11 is 0. The van der Waals surface area contributed by atoms with Gasteiger partial charge < -0.3 is 15.4 Å². The molecule has 1 amide bonds. The quantitative estimate of drug-likeness (QED) is 0.680. The van der Waals surface area contributed by atoms with Gasteiger partial charge in [0.1, 0.15) is 6.04 Å². The Morgan fingerprint density at radius 2 is 1.67 bits per heavy atom.